The van der Waals surface area contributed by atoms with Crippen LogP contribution in [-0.4, -0.2) is 16.3 Å². The Labute approximate surface area is 94.9 Å². The minimum absolute atomic E-state index is 0.0631. The number of aromatic amines is 1. The Hall–Kier alpha value is -1.40. The molecule has 78 valence electrons. The van der Waals surface area contributed by atoms with E-state index in [9.17, 15) is 5.11 Å². The molecule has 6 heteroatoms. The molecule has 0 fully saturated rings. The lowest BCUT2D eigenvalue weighted by atomic mass is 10.4. The van der Waals surface area contributed by atoms with E-state index in [0.717, 1.165) is 5.76 Å². The van der Waals surface area contributed by atoms with Gasteiger partial charge < -0.3 is 14.5 Å². The van der Waals surface area contributed by atoms with E-state index in [0.29, 0.717) is 15.4 Å². The smallest absolute Gasteiger partial charge is 0.209 e. The van der Waals surface area contributed by atoms with Crippen molar-refractivity contribution in [3.63, 3.8) is 0 Å². The van der Waals surface area contributed by atoms with Crippen LogP contribution in [0.1, 0.15) is 10.6 Å². The van der Waals surface area contributed by atoms with E-state index in [-0.39, 0.29) is 5.88 Å². The molecule has 0 bridgehead atoms. The van der Waals surface area contributed by atoms with Crippen LogP contribution in [0.4, 0.5) is 0 Å². The van der Waals surface area contributed by atoms with Crippen LogP contribution in [0, 0.1) is 3.95 Å². The number of aliphatic imine (C=N–C) groups is 1. The molecule has 0 unspecified atom stereocenters. The topological polar surface area (TPSA) is 61.5 Å². The predicted octanol–water partition coefficient (Wildman–Crippen LogP) is 2.72. The van der Waals surface area contributed by atoms with E-state index in [1.54, 1.807) is 12.5 Å². The standard InChI is InChI=1S/C9H8N2O2S2/c12-8-7(15-9(14)11-8)5-10-4-6-2-1-3-13-6/h1-3,5,12H,4H2,(H,11,14). The first-order chi connectivity index (χ1) is 7.25. The number of aromatic nitrogens is 1. The fourth-order valence-electron chi connectivity index (χ4n) is 1.04. The van der Waals surface area contributed by atoms with Gasteiger partial charge in [0.15, 0.2) is 3.95 Å². The molecule has 0 aliphatic carbocycles. The number of furan rings is 1. The number of H-pyrrole nitrogens is 1. The molecule has 2 N–H and O–H groups in total. The van der Waals surface area contributed by atoms with E-state index in [1.165, 1.54) is 11.3 Å². The molecule has 0 spiro atoms. The lowest BCUT2D eigenvalue weighted by Gasteiger charge is -1.88. The zero-order valence-electron chi connectivity index (χ0n) is 7.64. The average Bonchev–Trinajstić information content (AvgIpc) is 2.77. The number of aromatic hydroxyl groups is 1. The second-order valence-electron chi connectivity index (χ2n) is 2.78. The molecular formula is C9H8N2O2S2. The summed E-state index contributed by atoms with van der Waals surface area (Å²) in [5.74, 6) is 0.845. The average molecular weight is 240 g/mol. The molecule has 0 amide bonds. The molecule has 4 nitrogen and oxygen atoms in total. The zero-order valence-corrected chi connectivity index (χ0v) is 9.27. The van der Waals surface area contributed by atoms with Crippen molar-refractivity contribution in [2.45, 2.75) is 6.54 Å². The third-order valence-electron chi connectivity index (χ3n) is 1.69. The van der Waals surface area contributed by atoms with E-state index >= 15 is 0 Å². The number of thiazole rings is 1. The van der Waals surface area contributed by atoms with E-state index in [1.807, 2.05) is 12.1 Å². The Morgan fingerprint density at radius 2 is 2.53 bits per heavy atom. The van der Waals surface area contributed by atoms with Gasteiger partial charge in [0.1, 0.15) is 10.6 Å². The highest BCUT2D eigenvalue weighted by molar-refractivity contribution is 7.73. The molecule has 0 saturated carbocycles. The Morgan fingerprint density at radius 1 is 1.67 bits per heavy atom. The van der Waals surface area contributed by atoms with Crippen LogP contribution < -0.4 is 0 Å². The van der Waals surface area contributed by atoms with Crippen molar-refractivity contribution in [2.75, 3.05) is 0 Å². The molecule has 2 aromatic heterocycles. The Bertz CT molecular complexity index is 510. The van der Waals surface area contributed by atoms with Crippen LogP contribution in [0.3, 0.4) is 0 Å². The maximum atomic E-state index is 9.36. The molecule has 0 saturated heterocycles. The van der Waals surface area contributed by atoms with Crippen molar-refractivity contribution in [2.24, 2.45) is 4.99 Å². The number of nitrogens with one attached hydrogen (secondary N) is 1. The highest BCUT2D eigenvalue weighted by atomic mass is 32.1. The molecule has 0 atom stereocenters. The highest BCUT2D eigenvalue weighted by Gasteiger charge is 2.00. The zero-order chi connectivity index (χ0) is 10.7. The summed E-state index contributed by atoms with van der Waals surface area (Å²) in [5.41, 5.74) is 0. The van der Waals surface area contributed by atoms with Gasteiger partial charge in [-0.1, -0.05) is 11.3 Å². The van der Waals surface area contributed by atoms with Crippen molar-refractivity contribution in [1.29, 1.82) is 0 Å². The van der Waals surface area contributed by atoms with Gasteiger partial charge in [-0.05, 0) is 24.4 Å². The van der Waals surface area contributed by atoms with Crippen LogP contribution in [0.15, 0.2) is 27.8 Å². The molecule has 0 aromatic carbocycles. The third-order valence-corrected chi connectivity index (χ3v) is 2.85. The number of hydrogen-bond acceptors (Lipinski definition) is 5. The summed E-state index contributed by atoms with van der Waals surface area (Å²) in [5, 5.41) is 9.36. The fourth-order valence-corrected chi connectivity index (χ4v) is 2.03. The largest absolute Gasteiger partial charge is 0.494 e. The van der Waals surface area contributed by atoms with Crippen molar-refractivity contribution in [3.05, 3.63) is 33.0 Å². The maximum absolute atomic E-state index is 9.36. The summed E-state index contributed by atoms with van der Waals surface area (Å²) in [6, 6.07) is 3.65. The first-order valence-corrected chi connectivity index (χ1v) is 5.42. The highest BCUT2D eigenvalue weighted by Crippen LogP contribution is 2.18. The number of nitrogens with zero attached hydrogens (tertiary/aromatic N) is 1. The molecule has 0 radical (unpaired) electrons. The second-order valence-corrected chi connectivity index (χ2v) is 4.50. The van der Waals surface area contributed by atoms with Crippen molar-refractivity contribution >= 4 is 29.8 Å². The van der Waals surface area contributed by atoms with Gasteiger partial charge in [-0.15, -0.1) is 0 Å². The van der Waals surface area contributed by atoms with Gasteiger partial charge in [-0.25, -0.2) is 0 Å². The van der Waals surface area contributed by atoms with Crippen LogP contribution in [0.5, 0.6) is 5.88 Å². The summed E-state index contributed by atoms with van der Waals surface area (Å²) in [7, 11) is 0. The van der Waals surface area contributed by atoms with Crippen LogP contribution >= 0.6 is 23.6 Å². The summed E-state index contributed by atoms with van der Waals surface area (Å²) >= 11 is 6.15. The van der Waals surface area contributed by atoms with Crippen molar-refractivity contribution in [3.8, 4) is 5.88 Å². The van der Waals surface area contributed by atoms with Gasteiger partial charge in [0.25, 0.3) is 0 Å². The first kappa shape index (κ1) is 10.1. The number of hydrogen-bond donors (Lipinski definition) is 2. The van der Waals surface area contributed by atoms with Gasteiger partial charge in [-0.3, -0.25) is 4.99 Å². The maximum Gasteiger partial charge on any atom is 0.209 e. The quantitative estimate of drug-likeness (QED) is 0.640. The normalized spacial score (nSPS) is 11.2. The lowest BCUT2D eigenvalue weighted by Crippen LogP contribution is -1.79. The first-order valence-electron chi connectivity index (χ1n) is 4.20. The van der Waals surface area contributed by atoms with Gasteiger partial charge in [0.05, 0.1) is 12.8 Å². The van der Waals surface area contributed by atoms with Crippen LogP contribution in [-0.2, 0) is 6.54 Å². The lowest BCUT2D eigenvalue weighted by molar-refractivity contribution is 0.456. The minimum atomic E-state index is 0.0631. The molecule has 0 aliphatic heterocycles. The third kappa shape index (κ3) is 2.54. The monoisotopic (exact) mass is 240 g/mol. The van der Waals surface area contributed by atoms with E-state index in [2.05, 4.69) is 9.98 Å². The van der Waals surface area contributed by atoms with Crippen molar-refractivity contribution in [1.82, 2.24) is 4.98 Å². The summed E-state index contributed by atoms with van der Waals surface area (Å²) in [6.07, 6.45) is 3.18. The fraction of sp³-hybridized carbons (Fsp3) is 0.111. The molecular weight excluding hydrogens is 232 g/mol. The predicted molar refractivity (Wildman–Crippen MR) is 61.2 cm³/mol. The Kier molecular flexibility index (Phi) is 2.98. The molecule has 15 heavy (non-hydrogen) atoms. The summed E-state index contributed by atoms with van der Waals surface area (Å²) in [6.45, 7) is 0.455. The van der Waals surface area contributed by atoms with Gasteiger partial charge in [0, 0.05) is 6.21 Å². The van der Waals surface area contributed by atoms with E-state index in [4.69, 9.17) is 16.6 Å². The number of rotatable bonds is 3. The molecule has 0 aliphatic rings. The Balaban J connectivity index is 2.06. The minimum Gasteiger partial charge on any atom is -0.494 e. The summed E-state index contributed by atoms with van der Waals surface area (Å²) in [4.78, 5) is 7.38. The van der Waals surface area contributed by atoms with Crippen LogP contribution in [0.25, 0.3) is 0 Å². The van der Waals surface area contributed by atoms with Gasteiger partial charge in [0.2, 0.25) is 5.88 Å². The second kappa shape index (κ2) is 4.41. The SMILES string of the molecule is Oc1[nH]c(=S)sc1C=NCc1ccco1. The van der Waals surface area contributed by atoms with Gasteiger partial charge in [-0.2, -0.15) is 0 Å². The molecule has 2 heterocycles. The van der Waals surface area contributed by atoms with Crippen molar-refractivity contribution < 1.29 is 9.52 Å². The summed E-state index contributed by atoms with van der Waals surface area (Å²) < 4.78 is 5.64. The Morgan fingerprint density at radius 3 is 3.13 bits per heavy atom. The van der Waals surface area contributed by atoms with Crippen LogP contribution in [0.2, 0.25) is 0 Å². The molecule has 2 aromatic rings. The molecule has 2 rings (SSSR count). The van der Waals surface area contributed by atoms with Gasteiger partial charge >= 0.3 is 0 Å². The van der Waals surface area contributed by atoms with E-state index < -0.39 is 0 Å².